The minimum atomic E-state index is -0.0165. The molecule has 2 aromatic heterocycles. The first kappa shape index (κ1) is 15.8. The van der Waals surface area contributed by atoms with E-state index in [0.717, 1.165) is 25.9 Å². The zero-order valence-corrected chi connectivity index (χ0v) is 14.4. The van der Waals surface area contributed by atoms with Gasteiger partial charge in [0, 0.05) is 30.1 Å². The van der Waals surface area contributed by atoms with Crippen molar-refractivity contribution >= 4 is 27.5 Å². The van der Waals surface area contributed by atoms with Gasteiger partial charge in [0.05, 0.1) is 5.56 Å². The van der Waals surface area contributed by atoms with Crippen molar-refractivity contribution in [2.45, 2.75) is 19.3 Å². The number of benzene rings is 1. The largest absolute Gasteiger partial charge is 0.508 e. The second kappa shape index (κ2) is 6.66. The normalized spacial score (nSPS) is 14.3. The van der Waals surface area contributed by atoms with Crippen LogP contribution in [-0.4, -0.2) is 18.2 Å². The minimum Gasteiger partial charge on any atom is -0.508 e. The molecule has 1 saturated heterocycles. The van der Waals surface area contributed by atoms with Crippen LogP contribution in [0.5, 0.6) is 5.75 Å². The Hall–Kier alpha value is -2.71. The summed E-state index contributed by atoms with van der Waals surface area (Å²) in [4.78, 5) is 14.6. The van der Waals surface area contributed by atoms with E-state index in [1.807, 2.05) is 11.4 Å². The van der Waals surface area contributed by atoms with E-state index in [4.69, 9.17) is 4.42 Å². The molecule has 126 valence electrons. The molecule has 0 aliphatic carbocycles. The number of rotatable bonds is 1. The molecule has 4 nitrogen and oxygen atoms in total. The summed E-state index contributed by atoms with van der Waals surface area (Å²) >= 11 is 1.36. The van der Waals surface area contributed by atoms with Crippen LogP contribution >= 0.6 is 11.3 Å². The van der Waals surface area contributed by atoms with E-state index in [-0.39, 0.29) is 11.2 Å². The highest BCUT2D eigenvalue weighted by molar-refractivity contribution is 7.17. The maximum absolute atomic E-state index is 12.4. The summed E-state index contributed by atoms with van der Waals surface area (Å²) in [6.45, 7) is 1.84. The molecule has 3 aromatic rings. The van der Waals surface area contributed by atoms with Crippen LogP contribution in [0.1, 0.15) is 30.4 Å². The number of hydrogen-bond acceptors (Lipinski definition) is 5. The van der Waals surface area contributed by atoms with Crippen molar-refractivity contribution < 1.29 is 9.52 Å². The smallest absolute Gasteiger partial charge is 0.204 e. The Morgan fingerprint density at radius 2 is 1.96 bits per heavy atom. The molecular weight excluding hydrogens is 334 g/mol. The molecule has 5 heteroatoms. The first-order chi connectivity index (χ1) is 12.2. The van der Waals surface area contributed by atoms with Crippen LogP contribution in [-0.2, 0) is 0 Å². The summed E-state index contributed by atoms with van der Waals surface area (Å²) in [5, 5.41) is 11.4. The molecule has 0 atom stereocenters. The zero-order chi connectivity index (χ0) is 17.2. The van der Waals surface area contributed by atoms with Gasteiger partial charge in [0.1, 0.15) is 10.4 Å². The molecule has 1 aliphatic heterocycles. The van der Waals surface area contributed by atoms with Crippen molar-refractivity contribution in [2.75, 3.05) is 18.0 Å². The molecule has 0 bridgehead atoms. The van der Waals surface area contributed by atoms with Crippen LogP contribution in [0.4, 0.5) is 5.88 Å². The third-order valence-electron chi connectivity index (χ3n) is 4.29. The van der Waals surface area contributed by atoms with Gasteiger partial charge in [0.25, 0.3) is 0 Å². The molecule has 3 heterocycles. The summed E-state index contributed by atoms with van der Waals surface area (Å²) in [5.41, 5.74) is 1.97. The Bertz CT molecular complexity index is 1030. The maximum atomic E-state index is 12.4. The molecule has 1 aliphatic rings. The Morgan fingerprint density at radius 1 is 1.12 bits per heavy atom. The molecule has 0 spiro atoms. The molecule has 1 fully saturated rings. The lowest BCUT2D eigenvalue weighted by molar-refractivity contribution is 0.475. The fraction of sp³-hybridized carbons (Fsp3) is 0.250. The number of anilines is 1. The van der Waals surface area contributed by atoms with E-state index in [1.54, 1.807) is 24.3 Å². The van der Waals surface area contributed by atoms with Crippen molar-refractivity contribution in [3.63, 3.8) is 0 Å². The molecular formula is C20H17NO3S. The van der Waals surface area contributed by atoms with Crippen LogP contribution in [0.25, 0.3) is 10.3 Å². The second-order valence-corrected chi connectivity index (χ2v) is 6.98. The second-order valence-electron chi connectivity index (χ2n) is 6.10. The first-order valence-electron chi connectivity index (χ1n) is 8.32. The van der Waals surface area contributed by atoms with Crippen LogP contribution < -0.4 is 10.3 Å². The number of piperidine rings is 1. The van der Waals surface area contributed by atoms with Crippen molar-refractivity contribution in [1.29, 1.82) is 0 Å². The van der Waals surface area contributed by atoms with Gasteiger partial charge in [-0.3, -0.25) is 4.79 Å². The predicted octanol–water partition coefficient (Wildman–Crippen LogP) is 3.95. The van der Waals surface area contributed by atoms with Gasteiger partial charge in [-0.15, -0.1) is 11.3 Å². The highest BCUT2D eigenvalue weighted by atomic mass is 32.1. The number of hydrogen-bond donors (Lipinski definition) is 1. The fourth-order valence-corrected chi connectivity index (χ4v) is 3.85. The van der Waals surface area contributed by atoms with Gasteiger partial charge in [0.2, 0.25) is 5.43 Å². The Balaban J connectivity index is 1.75. The topological polar surface area (TPSA) is 53.7 Å². The van der Waals surface area contributed by atoms with Crippen molar-refractivity contribution in [1.82, 2.24) is 0 Å². The standard InChI is InChI=1S/C20H17NO3S/c22-16-6-4-5-14(11-16)7-8-15-13-25-20-17(23)12-18(24-19(15)20)21-9-2-1-3-10-21/h4-6,11-13,22H,1-3,9-10H2. The van der Waals surface area contributed by atoms with Gasteiger partial charge in [-0.1, -0.05) is 17.9 Å². The number of phenols is 1. The van der Waals surface area contributed by atoms with E-state index < -0.39 is 0 Å². The van der Waals surface area contributed by atoms with Crippen LogP contribution in [0.15, 0.2) is 44.9 Å². The van der Waals surface area contributed by atoms with Gasteiger partial charge in [0.15, 0.2) is 11.5 Å². The van der Waals surface area contributed by atoms with Crippen LogP contribution in [0.2, 0.25) is 0 Å². The lowest BCUT2D eigenvalue weighted by Crippen LogP contribution is -2.29. The lowest BCUT2D eigenvalue weighted by atomic mass is 10.1. The SMILES string of the molecule is O=c1cc(N2CCCCC2)oc2c(C#Cc3cccc(O)c3)csc12. The van der Waals surface area contributed by atoms with Crippen LogP contribution in [0.3, 0.4) is 0 Å². The van der Waals surface area contributed by atoms with E-state index in [0.29, 0.717) is 27.3 Å². The van der Waals surface area contributed by atoms with Crippen LogP contribution in [0, 0.1) is 11.8 Å². The third-order valence-corrected chi connectivity index (χ3v) is 5.26. The molecule has 0 amide bonds. The molecule has 1 aromatic carbocycles. The number of fused-ring (bicyclic) bond motifs is 1. The van der Waals surface area contributed by atoms with E-state index >= 15 is 0 Å². The molecule has 1 N–H and O–H groups in total. The summed E-state index contributed by atoms with van der Waals surface area (Å²) in [7, 11) is 0. The van der Waals surface area contributed by atoms with E-state index in [9.17, 15) is 9.90 Å². The summed E-state index contributed by atoms with van der Waals surface area (Å²) in [6.07, 6.45) is 3.47. The molecule has 4 rings (SSSR count). The number of nitrogens with zero attached hydrogens (tertiary/aromatic N) is 1. The Morgan fingerprint density at radius 3 is 2.76 bits per heavy atom. The average Bonchev–Trinajstić information content (AvgIpc) is 3.04. The quantitative estimate of drug-likeness (QED) is 0.675. The zero-order valence-electron chi connectivity index (χ0n) is 13.6. The number of thiophene rings is 1. The lowest BCUT2D eigenvalue weighted by Gasteiger charge is -2.26. The summed E-state index contributed by atoms with van der Waals surface area (Å²) < 4.78 is 6.65. The summed E-state index contributed by atoms with van der Waals surface area (Å²) in [5.74, 6) is 6.90. The van der Waals surface area contributed by atoms with Crippen molar-refractivity contribution in [3.05, 3.63) is 57.1 Å². The predicted molar refractivity (Wildman–Crippen MR) is 101 cm³/mol. The monoisotopic (exact) mass is 351 g/mol. The number of phenolic OH excluding ortho intramolecular Hbond substituents is 1. The Labute approximate surface area is 149 Å². The van der Waals surface area contributed by atoms with Crippen molar-refractivity contribution in [2.24, 2.45) is 0 Å². The van der Waals surface area contributed by atoms with E-state index in [1.165, 1.54) is 17.8 Å². The highest BCUT2D eigenvalue weighted by Gasteiger charge is 2.17. The summed E-state index contributed by atoms with van der Waals surface area (Å²) in [6, 6.07) is 8.39. The highest BCUT2D eigenvalue weighted by Crippen LogP contribution is 2.28. The Kier molecular flexibility index (Phi) is 4.21. The number of aromatic hydroxyl groups is 1. The van der Waals surface area contributed by atoms with Gasteiger partial charge in [-0.2, -0.15) is 0 Å². The maximum Gasteiger partial charge on any atom is 0.204 e. The average molecular weight is 351 g/mol. The molecule has 0 unspecified atom stereocenters. The van der Waals surface area contributed by atoms with Gasteiger partial charge < -0.3 is 14.4 Å². The van der Waals surface area contributed by atoms with Crippen molar-refractivity contribution in [3.8, 4) is 17.6 Å². The molecule has 0 radical (unpaired) electrons. The fourth-order valence-electron chi connectivity index (χ4n) is 3.01. The first-order valence-corrected chi connectivity index (χ1v) is 9.20. The third kappa shape index (κ3) is 3.26. The van der Waals surface area contributed by atoms with E-state index in [2.05, 4.69) is 16.7 Å². The van der Waals surface area contributed by atoms with Gasteiger partial charge in [-0.05, 0) is 37.5 Å². The molecule has 0 saturated carbocycles. The van der Waals surface area contributed by atoms with Gasteiger partial charge in [-0.25, -0.2) is 0 Å². The minimum absolute atomic E-state index is 0.0165. The molecule has 25 heavy (non-hydrogen) atoms. The van der Waals surface area contributed by atoms with Gasteiger partial charge >= 0.3 is 0 Å².